The van der Waals surface area contributed by atoms with Gasteiger partial charge in [-0.1, -0.05) is 12.1 Å². The second kappa shape index (κ2) is 9.17. The lowest BCUT2D eigenvalue weighted by Crippen LogP contribution is -2.12. The van der Waals surface area contributed by atoms with Crippen LogP contribution in [0.1, 0.15) is 26.9 Å². The molecule has 1 aromatic heterocycles. The molecule has 0 saturated carbocycles. The lowest BCUT2D eigenvalue weighted by Gasteiger charge is -2.21. The molecule has 28 heavy (non-hydrogen) atoms. The van der Waals surface area contributed by atoms with Crippen LogP contribution >= 0.6 is 23.5 Å². The molecule has 4 nitrogen and oxygen atoms in total. The van der Waals surface area contributed by atoms with Crippen LogP contribution in [-0.4, -0.2) is 22.4 Å². The number of rotatable bonds is 5. The van der Waals surface area contributed by atoms with Crippen molar-refractivity contribution >= 4 is 35.1 Å². The average Bonchev–Trinajstić information content (AvgIpc) is 2.76. The maximum Gasteiger partial charge on any atom is 0.255 e. The van der Waals surface area contributed by atoms with E-state index in [-0.39, 0.29) is 5.91 Å². The van der Waals surface area contributed by atoms with Crippen molar-refractivity contribution in [1.82, 2.24) is 4.98 Å². The molecule has 6 heteroatoms. The summed E-state index contributed by atoms with van der Waals surface area (Å²) in [4.78, 5) is 16.6. The predicted octanol–water partition coefficient (Wildman–Crippen LogP) is 5.99. The minimum atomic E-state index is -0.131. The van der Waals surface area contributed by atoms with Crippen molar-refractivity contribution in [2.45, 2.75) is 11.0 Å². The van der Waals surface area contributed by atoms with Crippen LogP contribution in [0.4, 0.5) is 5.69 Å². The Balaban J connectivity index is 1.41. The monoisotopic (exact) mass is 408 g/mol. The molecule has 2 heterocycles. The van der Waals surface area contributed by atoms with Gasteiger partial charge in [0, 0.05) is 17.4 Å². The largest absolute Gasteiger partial charge is 0.456 e. The van der Waals surface area contributed by atoms with Gasteiger partial charge in [0.25, 0.3) is 5.91 Å². The average molecular weight is 409 g/mol. The molecule has 0 spiro atoms. The number of anilines is 1. The van der Waals surface area contributed by atoms with Gasteiger partial charge in [0.1, 0.15) is 11.5 Å². The van der Waals surface area contributed by atoms with Gasteiger partial charge in [-0.25, -0.2) is 0 Å². The van der Waals surface area contributed by atoms with Gasteiger partial charge < -0.3 is 10.1 Å². The zero-order chi connectivity index (χ0) is 19.2. The molecule has 3 aromatic rings. The summed E-state index contributed by atoms with van der Waals surface area (Å²) >= 11 is 3.95. The van der Waals surface area contributed by atoms with Crippen molar-refractivity contribution in [1.29, 1.82) is 0 Å². The summed E-state index contributed by atoms with van der Waals surface area (Å²) in [5, 5.41) is 3.00. The van der Waals surface area contributed by atoms with E-state index in [4.69, 9.17) is 4.74 Å². The van der Waals surface area contributed by atoms with E-state index in [1.54, 1.807) is 36.7 Å². The number of ether oxygens (including phenoxy) is 1. The van der Waals surface area contributed by atoms with Crippen LogP contribution < -0.4 is 10.1 Å². The first-order chi connectivity index (χ1) is 13.8. The highest BCUT2D eigenvalue weighted by molar-refractivity contribution is 8.16. The highest BCUT2D eigenvalue weighted by Crippen LogP contribution is 2.44. The maximum atomic E-state index is 12.6. The third-order valence-corrected chi connectivity index (χ3v) is 7.25. The molecule has 2 aromatic carbocycles. The smallest absolute Gasteiger partial charge is 0.255 e. The summed E-state index contributed by atoms with van der Waals surface area (Å²) in [5.41, 5.74) is 2.67. The number of aromatic nitrogens is 1. The van der Waals surface area contributed by atoms with Gasteiger partial charge in [0.2, 0.25) is 0 Å². The van der Waals surface area contributed by atoms with Crippen LogP contribution in [-0.2, 0) is 0 Å². The van der Waals surface area contributed by atoms with Crippen molar-refractivity contribution in [3.63, 3.8) is 0 Å². The van der Waals surface area contributed by atoms with E-state index >= 15 is 0 Å². The van der Waals surface area contributed by atoms with Gasteiger partial charge in [-0.3, -0.25) is 9.78 Å². The van der Waals surface area contributed by atoms with E-state index in [1.807, 2.05) is 47.8 Å². The number of carbonyl (C=O) groups excluding carboxylic acids is 1. The third kappa shape index (κ3) is 4.88. The molecule has 4 rings (SSSR count). The third-order valence-electron chi connectivity index (χ3n) is 4.23. The fraction of sp³-hybridized carbons (Fsp3) is 0.182. The zero-order valence-corrected chi connectivity index (χ0v) is 16.8. The fourth-order valence-electron chi connectivity index (χ4n) is 2.86. The SMILES string of the molecule is O=C(Nc1cccc(C2SCCCS2)c1)c1ccc(Oc2cccnc2)cc1. The first-order valence-electron chi connectivity index (χ1n) is 9.10. The van der Waals surface area contributed by atoms with E-state index in [1.165, 1.54) is 23.5 Å². The standard InChI is InChI=1S/C22H20N2O2S2/c25-21(16-7-9-19(10-8-16)26-20-6-2-11-23-15-20)24-18-5-1-4-17(14-18)22-27-12-3-13-28-22/h1-2,4-11,14-15,22H,3,12-13H2,(H,24,25). The number of nitrogens with one attached hydrogen (secondary N) is 1. The van der Waals surface area contributed by atoms with Crippen LogP contribution in [0.25, 0.3) is 0 Å². The molecule has 142 valence electrons. The molecule has 0 bridgehead atoms. The number of amides is 1. The summed E-state index contributed by atoms with van der Waals surface area (Å²) in [6.07, 6.45) is 4.61. The second-order valence-corrected chi connectivity index (χ2v) is 9.05. The molecule has 0 radical (unpaired) electrons. The summed E-state index contributed by atoms with van der Waals surface area (Å²) in [6, 6.07) is 18.9. The van der Waals surface area contributed by atoms with Crippen molar-refractivity contribution in [2.75, 3.05) is 16.8 Å². The number of hydrogen-bond acceptors (Lipinski definition) is 5. The molecular formula is C22H20N2O2S2. The lowest BCUT2D eigenvalue weighted by molar-refractivity contribution is 0.102. The molecule has 1 N–H and O–H groups in total. The summed E-state index contributed by atoms with van der Waals surface area (Å²) in [7, 11) is 0. The van der Waals surface area contributed by atoms with E-state index in [9.17, 15) is 4.79 Å². The maximum absolute atomic E-state index is 12.6. The Hall–Kier alpha value is -2.44. The number of benzene rings is 2. The van der Waals surface area contributed by atoms with Crippen molar-refractivity contribution in [2.24, 2.45) is 0 Å². The van der Waals surface area contributed by atoms with Gasteiger partial charge in [-0.2, -0.15) is 0 Å². The molecule has 1 aliphatic rings. The van der Waals surface area contributed by atoms with Gasteiger partial charge in [0.15, 0.2) is 0 Å². The Labute approximate surface area is 173 Å². The zero-order valence-electron chi connectivity index (χ0n) is 15.2. The second-order valence-electron chi connectivity index (χ2n) is 6.32. The van der Waals surface area contributed by atoms with Crippen molar-refractivity contribution < 1.29 is 9.53 Å². The van der Waals surface area contributed by atoms with Gasteiger partial charge in [-0.15, -0.1) is 23.5 Å². The number of carbonyl (C=O) groups is 1. The number of nitrogens with zero attached hydrogens (tertiary/aromatic N) is 1. The first kappa shape index (κ1) is 18.9. The summed E-state index contributed by atoms with van der Waals surface area (Å²) in [5.74, 6) is 3.59. The molecular weight excluding hydrogens is 388 g/mol. The van der Waals surface area contributed by atoms with Crippen LogP contribution in [0.15, 0.2) is 73.1 Å². The molecule has 1 fully saturated rings. The Kier molecular flexibility index (Phi) is 6.19. The highest BCUT2D eigenvalue weighted by atomic mass is 32.2. The Bertz CT molecular complexity index is 927. The minimum absolute atomic E-state index is 0.131. The van der Waals surface area contributed by atoms with Gasteiger partial charge in [-0.05, 0) is 72.0 Å². The van der Waals surface area contributed by atoms with Crippen LogP contribution in [0, 0.1) is 0 Å². The van der Waals surface area contributed by atoms with Crippen LogP contribution in [0.5, 0.6) is 11.5 Å². The fourth-order valence-corrected chi connectivity index (χ4v) is 5.74. The van der Waals surface area contributed by atoms with E-state index in [0.717, 1.165) is 5.69 Å². The molecule has 0 unspecified atom stereocenters. The molecule has 1 saturated heterocycles. The molecule has 1 amide bonds. The lowest BCUT2D eigenvalue weighted by atomic mass is 10.2. The van der Waals surface area contributed by atoms with Crippen molar-refractivity contribution in [3.05, 3.63) is 84.2 Å². The highest BCUT2D eigenvalue weighted by Gasteiger charge is 2.17. The minimum Gasteiger partial charge on any atom is -0.456 e. The Morgan fingerprint density at radius 2 is 1.82 bits per heavy atom. The normalized spacial score (nSPS) is 14.4. The van der Waals surface area contributed by atoms with Gasteiger partial charge in [0.05, 0.1) is 10.8 Å². The van der Waals surface area contributed by atoms with Crippen LogP contribution in [0.3, 0.4) is 0 Å². The summed E-state index contributed by atoms with van der Waals surface area (Å²) in [6.45, 7) is 0. The van der Waals surface area contributed by atoms with Crippen molar-refractivity contribution in [3.8, 4) is 11.5 Å². The quantitative estimate of drug-likeness (QED) is 0.561. The summed E-state index contributed by atoms with van der Waals surface area (Å²) < 4.78 is 6.17. The Morgan fingerprint density at radius 1 is 1.00 bits per heavy atom. The Morgan fingerprint density at radius 3 is 2.57 bits per heavy atom. The molecule has 1 aliphatic heterocycles. The van der Waals surface area contributed by atoms with E-state index in [0.29, 0.717) is 21.6 Å². The number of hydrogen-bond donors (Lipinski definition) is 1. The van der Waals surface area contributed by atoms with Gasteiger partial charge >= 0.3 is 0 Å². The molecule has 0 atom stereocenters. The first-order valence-corrected chi connectivity index (χ1v) is 11.2. The number of thioether (sulfide) groups is 2. The van der Waals surface area contributed by atoms with E-state index < -0.39 is 0 Å². The van der Waals surface area contributed by atoms with E-state index in [2.05, 4.69) is 22.4 Å². The predicted molar refractivity (Wildman–Crippen MR) is 117 cm³/mol. The number of pyridine rings is 1. The molecule has 0 aliphatic carbocycles. The topological polar surface area (TPSA) is 51.2 Å². The van der Waals surface area contributed by atoms with Crippen LogP contribution in [0.2, 0.25) is 0 Å².